The molecule has 21 heavy (non-hydrogen) atoms. The lowest BCUT2D eigenvalue weighted by molar-refractivity contribution is 0.368. The first-order chi connectivity index (χ1) is 10.3. The lowest BCUT2D eigenvalue weighted by atomic mass is 9.90. The summed E-state index contributed by atoms with van der Waals surface area (Å²) in [6.45, 7) is 5.49. The van der Waals surface area contributed by atoms with Crippen molar-refractivity contribution >= 4 is 0 Å². The maximum Gasteiger partial charge on any atom is -0.00773 e. The van der Waals surface area contributed by atoms with Gasteiger partial charge < -0.3 is 5.73 Å². The second-order valence-corrected chi connectivity index (χ2v) is 6.91. The lowest BCUT2D eigenvalue weighted by Crippen LogP contribution is -2.02. The largest absolute Gasteiger partial charge is 0.330 e. The molecule has 1 nitrogen and oxygen atoms in total. The van der Waals surface area contributed by atoms with E-state index in [0.29, 0.717) is 0 Å². The minimum Gasteiger partial charge on any atom is -0.330 e. The minimum atomic E-state index is 0.873. The zero-order valence-electron chi connectivity index (χ0n) is 15.2. The molecule has 1 heteroatoms. The van der Waals surface area contributed by atoms with Gasteiger partial charge in [-0.25, -0.2) is 0 Å². The van der Waals surface area contributed by atoms with Gasteiger partial charge in [-0.05, 0) is 18.9 Å². The van der Waals surface area contributed by atoms with E-state index in [9.17, 15) is 0 Å². The average molecular weight is 298 g/mol. The molecular weight excluding hydrogens is 254 g/mol. The molecule has 0 rings (SSSR count). The molecule has 0 spiro atoms. The van der Waals surface area contributed by atoms with Gasteiger partial charge in [0.05, 0.1) is 0 Å². The molecule has 0 bridgehead atoms. The number of hydrogen-bond donors (Lipinski definition) is 1. The van der Waals surface area contributed by atoms with Crippen LogP contribution < -0.4 is 5.73 Å². The van der Waals surface area contributed by atoms with Crippen LogP contribution in [0.1, 0.15) is 117 Å². The third kappa shape index (κ3) is 16.2. The average Bonchev–Trinajstić information content (AvgIpc) is 2.50. The Hall–Kier alpha value is -0.0400. The van der Waals surface area contributed by atoms with E-state index in [2.05, 4.69) is 13.8 Å². The Balaban J connectivity index is 3.64. The highest BCUT2D eigenvalue weighted by Crippen LogP contribution is 2.24. The van der Waals surface area contributed by atoms with Crippen LogP contribution in [0.25, 0.3) is 0 Å². The quantitative estimate of drug-likeness (QED) is 0.292. The highest BCUT2D eigenvalue weighted by Gasteiger charge is 2.08. The topological polar surface area (TPSA) is 26.0 Å². The summed E-state index contributed by atoms with van der Waals surface area (Å²) in [6.07, 6.45) is 22.8. The molecule has 0 amide bonds. The summed E-state index contributed by atoms with van der Waals surface area (Å²) in [5, 5.41) is 0. The first-order valence-corrected chi connectivity index (χ1v) is 10.0. The summed E-state index contributed by atoms with van der Waals surface area (Å²) in [5.74, 6) is 1.01. The molecule has 1 atom stereocenters. The van der Waals surface area contributed by atoms with Crippen molar-refractivity contribution in [3.05, 3.63) is 0 Å². The van der Waals surface area contributed by atoms with Gasteiger partial charge in [-0.2, -0.15) is 0 Å². The van der Waals surface area contributed by atoms with E-state index >= 15 is 0 Å². The van der Waals surface area contributed by atoms with Gasteiger partial charge in [0.1, 0.15) is 0 Å². The highest BCUT2D eigenvalue weighted by molar-refractivity contribution is 4.61. The SMILES string of the molecule is CCCCCCCCC(CCCCC)CCCCCCN. The maximum absolute atomic E-state index is 5.57. The fraction of sp³-hybridized carbons (Fsp3) is 1.00. The predicted molar refractivity (Wildman–Crippen MR) is 97.8 cm³/mol. The van der Waals surface area contributed by atoms with Crippen molar-refractivity contribution in [2.75, 3.05) is 6.54 Å². The molecule has 0 radical (unpaired) electrons. The van der Waals surface area contributed by atoms with E-state index in [1.54, 1.807) is 0 Å². The van der Waals surface area contributed by atoms with E-state index in [1.807, 2.05) is 0 Å². The summed E-state index contributed by atoms with van der Waals surface area (Å²) >= 11 is 0. The van der Waals surface area contributed by atoms with Gasteiger partial charge in [0.15, 0.2) is 0 Å². The van der Waals surface area contributed by atoms with Crippen LogP contribution in [-0.4, -0.2) is 6.54 Å². The molecular formula is C20H43N. The molecule has 0 aliphatic heterocycles. The molecule has 0 aromatic heterocycles. The zero-order chi connectivity index (χ0) is 15.6. The van der Waals surface area contributed by atoms with Gasteiger partial charge in [-0.3, -0.25) is 0 Å². The molecule has 0 fully saturated rings. The van der Waals surface area contributed by atoms with Gasteiger partial charge in [0.2, 0.25) is 0 Å². The summed E-state index contributed by atoms with van der Waals surface area (Å²) in [6, 6.07) is 0. The van der Waals surface area contributed by atoms with Crippen LogP contribution in [0.5, 0.6) is 0 Å². The van der Waals surface area contributed by atoms with Gasteiger partial charge >= 0.3 is 0 Å². The number of unbranched alkanes of at least 4 members (excludes halogenated alkanes) is 10. The predicted octanol–water partition coefficient (Wildman–Crippen LogP) is 6.84. The first-order valence-electron chi connectivity index (χ1n) is 10.0. The Kier molecular flexibility index (Phi) is 18.0. The monoisotopic (exact) mass is 297 g/mol. The molecule has 0 heterocycles. The van der Waals surface area contributed by atoms with Crippen molar-refractivity contribution in [1.82, 2.24) is 0 Å². The first kappa shape index (κ1) is 21.0. The van der Waals surface area contributed by atoms with Crippen molar-refractivity contribution in [2.45, 2.75) is 117 Å². The van der Waals surface area contributed by atoms with E-state index in [4.69, 9.17) is 5.73 Å². The summed E-state index contributed by atoms with van der Waals surface area (Å²) < 4.78 is 0. The molecule has 0 aliphatic carbocycles. The fourth-order valence-electron chi connectivity index (χ4n) is 3.26. The summed E-state index contributed by atoms with van der Waals surface area (Å²) in [7, 11) is 0. The van der Waals surface area contributed by atoms with Crippen molar-refractivity contribution in [3.63, 3.8) is 0 Å². The minimum absolute atomic E-state index is 0.873. The van der Waals surface area contributed by atoms with Crippen LogP contribution in [0.2, 0.25) is 0 Å². The Morgan fingerprint density at radius 2 is 0.905 bits per heavy atom. The Bertz CT molecular complexity index is 179. The molecule has 2 N–H and O–H groups in total. The Morgan fingerprint density at radius 3 is 1.43 bits per heavy atom. The smallest absolute Gasteiger partial charge is 0.00773 e. The Morgan fingerprint density at radius 1 is 0.524 bits per heavy atom. The van der Waals surface area contributed by atoms with Crippen LogP contribution in [0.3, 0.4) is 0 Å². The van der Waals surface area contributed by atoms with Crippen LogP contribution in [0.15, 0.2) is 0 Å². The van der Waals surface area contributed by atoms with Gasteiger partial charge in [-0.15, -0.1) is 0 Å². The zero-order valence-corrected chi connectivity index (χ0v) is 15.2. The van der Waals surface area contributed by atoms with E-state index in [-0.39, 0.29) is 0 Å². The van der Waals surface area contributed by atoms with Crippen LogP contribution in [0.4, 0.5) is 0 Å². The van der Waals surface area contributed by atoms with Crippen molar-refractivity contribution in [1.29, 1.82) is 0 Å². The maximum atomic E-state index is 5.57. The van der Waals surface area contributed by atoms with Gasteiger partial charge in [0, 0.05) is 0 Å². The van der Waals surface area contributed by atoms with E-state index < -0.39 is 0 Å². The third-order valence-corrected chi connectivity index (χ3v) is 4.75. The van der Waals surface area contributed by atoms with Crippen molar-refractivity contribution in [2.24, 2.45) is 11.7 Å². The van der Waals surface area contributed by atoms with Gasteiger partial charge in [0.25, 0.3) is 0 Å². The molecule has 0 aromatic rings. The summed E-state index contributed by atoms with van der Waals surface area (Å²) in [5.41, 5.74) is 5.57. The van der Waals surface area contributed by atoms with Crippen molar-refractivity contribution < 1.29 is 0 Å². The van der Waals surface area contributed by atoms with Crippen LogP contribution in [0, 0.1) is 5.92 Å². The van der Waals surface area contributed by atoms with Gasteiger partial charge in [-0.1, -0.05) is 110 Å². The summed E-state index contributed by atoms with van der Waals surface area (Å²) in [4.78, 5) is 0. The van der Waals surface area contributed by atoms with Crippen LogP contribution >= 0.6 is 0 Å². The normalized spacial score (nSPS) is 12.7. The fourth-order valence-corrected chi connectivity index (χ4v) is 3.26. The molecule has 1 unspecified atom stereocenters. The number of nitrogens with two attached hydrogens (primary N) is 1. The molecule has 0 aliphatic rings. The standard InChI is InChI=1S/C20H43N/c1-3-5-7-8-9-13-17-20(16-12-6-4-2)18-14-10-11-15-19-21/h20H,3-19,21H2,1-2H3. The van der Waals surface area contributed by atoms with E-state index in [1.165, 1.54) is 103 Å². The number of rotatable bonds is 17. The number of hydrogen-bond acceptors (Lipinski definition) is 1. The molecule has 128 valence electrons. The Labute approximate surface area is 135 Å². The second-order valence-electron chi connectivity index (χ2n) is 6.91. The second kappa shape index (κ2) is 18.0. The lowest BCUT2D eigenvalue weighted by Gasteiger charge is -2.17. The van der Waals surface area contributed by atoms with E-state index in [0.717, 1.165) is 12.5 Å². The molecule has 0 aromatic carbocycles. The highest BCUT2D eigenvalue weighted by atomic mass is 14.5. The van der Waals surface area contributed by atoms with Crippen molar-refractivity contribution in [3.8, 4) is 0 Å². The molecule has 0 saturated carbocycles. The van der Waals surface area contributed by atoms with Crippen LogP contribution in [-0.2, 0) is 0 Å². The third-order valence-electron chi connectivity index (χ3n) is 4.75. The molecule has 0 saturated heterocycles.